The van der Waals surface area contributed by atoms with Gasteiger partial charge in [0.25, 0.3) is 0 Å². The van der Waals surface area contributed by atoms with E-state index in [4.69, 9.17) is 16.7 Å². The molecule has 0 aliphatic heterocycles. The minimum atomic E-state index is 0.701. The lowest BCUT2D eigenvalue weighted by Gasteiger charge is -2.09. The monoisotopic (exact) mass is 386 g/mol. The lowest BCUT2D eigenvalue weighted by Crippen LogP contribution is -1.99. The van der Waals surface area contributed by atoms with E-state index < -0.39 is 0 Å². The number of aromatic nitrogens is 2. The van der Waals surface area contributed by atoms with E-state index in [2.05, 4.69) is 70.2 Å². The quantitative estimate of drug-likeness (QED) is 0.367. The van der Waals surface area contributed by atoms with Crippen LogP contribution in [-0.2, 0) is 0 Å². The lowest BCUT2D eigenvalue weighted by atomic mass is 10.0. The van der Waals surface area contributed by atoms with Crippen LogP contribution in [0.5, 0.6) is 0 Å². The third-order valence-corrected chi connectivity index (χ3v) is 5.60. The zero-order valence-electron chi connectivity index (χ0n) is 16.6. The summed E-state index contributed by atoms with van der Waals surface area (Å²) in [5.74, 6) is 0. The van der Waals surface area contributed by atoms with E-state index in [0.717, 1.165) is 28.2 Å². The molecule has 0 atom stereocenters. The van der Waals surface area contributed by atoms with Gasteiger partial charge in [-0.05, 0) is 86.3 Å². The Labute approximate surface area is 171 Å². The highest BCUT2D eigenvalue weighted by Gasteiger charge is 2.14. The first-order valence-electron chi connectivity index (χ1n) is 9.43. The molecule has 1 aromatic heterocycles. The van der Waals surface area contributed by atoms with Gasteiger partial charge in [0.15, 0.2) is 0 Å². The molecule has 1 heterocycles. The van der Waals surface area contributed by atoms with Gasteiger partial charge in [-0.25, -0.2) is 4.68 Å². The van der Waals surface area contributed by atoms with Crippen molar-refractivity contribution in [1.29, 1.82) is 0 Å². The molecule has 0 saturated heterocycles. The Kier molecular flexibility index (Phi) is 4.82. The summed E-state index contributed by atoms with van der Waals surface area (Å²) in [5, 5.41) is 5.65. The fourth-order valence-electron chi connectivity index (χ4n) is 3.33. The number of hydrogen-bond donors (Lipinski definition) is 0. The Morgan fingerprint density at radius 3 is 1.96 bits per heavy atom. The molecule has 0 radical (unpaired) electrons. The summed E-state index contributed by atoms with van der Waals surface area (Å²) < 4.78 is 1.99. The standard InChI is InChI=1S/C25H23ClN2/c1-16-8-10-20(12-18(16)3)24-15-25(21-11-9-17(2)19(4)13-21)28(27-24)23-7-5-6-22(26)14-23/h5-15H,1-4H3. The van der Waals surface area contributed by atoms with E-state index in [9.17, 15) is 0 Å². The topological polar surface area (TPSA) is 17.8 Å². The molecule has 0 amide bonds. The summed E-state index contributed by atoms with van der Waals surface area (Å²) in [6.07, 6.45) is 0. The Morgan fingerprint density at radius 1 is 0.679 bits per heavy atom. The number of aryl methyl sites for hydroxylation is 4. The molecule has 0 unspecified atom stereocenters. The van der Waals surface area contributed by atoms with E-state index in [1.54, 1.807) is 0 Å². The fourth-order valence-corrected chi connectivity index (χ4v) is 3.52. The first-order valence-corrected chi connectivity index (χ1v) is 9.81. The lowest BCUT2D eigenvalue weighted by molar-refractivity contribution is 0.891. The highest BCUT2D eigenvalue weighted by molar-refractivity contribution is 6.30. The van der Waals surface area contributed by atoms with Gasteiger partial charge < -0.3 is 0 Å². The van der Waals surface area contributed by atoms with Crippen LogP contribution < -0.4 is 0 Å². The largest absolute Gasteiger partial charge is 0.232 e. The van der Waals surface area contributed by atoms with Crippen LogP contribution in [0.4, 0.5) is 0 Å². The maximum absolute atomic E-state index is 6.26. The summed E-state index contributed by atoms with van der Waals surface area (Å²) in [4.78, 5) is 0. The number of hydrogen-bond acceptors (Lipinski definition) is 1. The molecule has 4 rings (SSSR count). The zero-order chi connectivity index (χ0) is 19.8. The molecule has 0 bridgehead atoms. The van der Waals surface area contributed by atoms with Crippen LogP contribution in [0.1, 0.15) is 22.3 Å². The van der Waals surface area contributed by atoms with Gasteiger partial charge in [0.05, 0.1) is 17.1 Å². The Hall–Kier alpha value is -2.84. The van der Waals surface area contributed by atoms with Gasteiger partial charge in [-0.1, -0.05) is 41.9 Å². The summed E-state index contributed by atoms with van der Waals surface area (Å²) >= 11 is 6.26. The van der Waals surface area contributed by atoms with E-state index in [0.29, 0.717) is 5.02 Å². The molecule has 140 valence electrons. The average molecular weight is 387 g/mol. The second-order valence-corrected chi connectivity index (χ2v) is 7.84. The molecule has 3 aromatic carbocycles. The summed E-state index contributed by atoms with van der Waals surface area (Å²) in [6, 6.07) is 23.0. The number of benzene rings is 3. The van der Waals surface area contributed by atoms with Crippen molar-refractivity contribution in [3.05, 3.63) is 94.0 Å². The van der Waals surface area contributed by atoms with Crippen molar-refractivity contribution >= 4 is 11.6 Å². The normalized spacial score (nSPS) is 11.0. The van der Waals surface area contributed by atoms with Crippen LogP contribution in [0.2, 0.25) is 5.02 Å². The minimum Gasteiger partial charge on any atom is -0.232 e. The Balaban J connectivity index is 1.93. The van der Waals surface area contributed by atoms with Crippen molar-refractivity contribution in [2.24, 2.45) is 0 Å². The molecule has 3 heteroatoms. The molecular formula is C25H23ClN2. The maximum atomic E-state index is 6.26. The summed E-state index contributed by atoms with van der Waals surface area (Å²) in [5.41, 5.74) is 10.3. The van der Waals surface area contributed by atoms with Crippen LogP contribution in [0.25, 0.3) is 28.2 Å². The average Bonchev–Trinajstić information content (AvgIpc) is 3.11. The second-order valence-electron chi connectivity index (χ2n) is 7.40. The molecule has 0 fully saturated rings. The van der Waals surface area contributed by atoms with E-state index in [1.807, 2.05) is 28.9 Å². The van der Waals surface area contributed by atoms with E-state index in [1.165, 1.54) is 22.3 Å². The van der Waals surface area contributed by atoms with Crippen molar-refractivity contribution < 1.29 is 0 Å². The van der Waals surface area contributed by atoms with Crippen LogP contribution in [0, 0.1) is 27.7 Å². The Bertz CT molecular complexity index is 1170. The van der Waals surface area contributed by atoms with E-state index >= 15 is 0 Å². The first-order chi connectivity index (χ1) is 13.4. The molecule has 0 aliphatic carbocycles. The minimum absolute atomic E-state index is 0.701. The molecule has 0 saturated carbocycles. The van der Waals surface area contributed by atoms with Crippen molar-refractivity contribution in [1.82, 2.24) is 9.78 Å². The second kappa shape index (κ2) is 7.29. The first kappa shape index (κ1) is 18.5. The van der Waals surface area contributed by atoms with Crippen molar-refractivity contribution in [3.8, 4) is 28.2 Å². The van der Waals surface area contributed by atoms with Gasteiger partial charge in [-0.2, -0.15) is 5.10 Å². The molecular weight excluding hydrogens is 364 g/mol. The molecule has 2 nitrogen and oxygen atoms in total. The summed E-state index contributed by atoms with van der Waals surface area (Å²) in [7, 11) is 0. The molecule has 0 N–H and O–H groups in total. The summed E-state index contributed by atoms with van der Waals surface area (Å²) in [6.45, 7) is 8.54. The molecule has 0 aliphatic rings. The SMILES string of the molecule is Cc1ccc(-c2cc(-c3ccc(C)c(C)c3)n(-c3cccc(Cl)c3)n2)cc1C. The number of nitrogens with zero attached hydrogens (tertiary/aromatic N) is 2. The van der Waals surface area contributed by atoms with Crippen LogP contribution in [-0.4, -0.2) is 9.78 Å². The van der Waals surface area contributed by atoms with Gasteiger partial charge in [0, 0.05) is 16.1 Å². The zero-order valence-corrected chi connectivity index (χ0v) is 17.4. The molecule has 4 aromatic rings. The van der Waals surface area contributed by atoms with Crippen LogP contribution in [0.15, 0.2) is 66.7 Å². The smallest absolute Gasteiger partial charge is 0.0934 e. The van der Waals surface area contributed by atoms with E-state index in [-0.39, 0.29) is 0 Å². The van der Waals surface area contributed by atoms with Gasteiger partial charge >= 0.3 is 0 Å². The molecule has 28 heavy (non-hydrogen) atoms. The number of halogens is 1. The fraction of sp³-hybridized carbons (Fsp3) is 0.160. The van der Waals surface area contributed by atoms with Crippen molar-refractivity contribution in [2.75, 3.05) is 0 Å². The predicted molar refractivity (Wildman–Crippen MR) is 118 cm³/mol. The van der Waals surface area contributed by atoms with Crippen molar-refractivity contribution in [3.63, 3.8) is 0 Å². The van der Waals surface area contributed by atoms with Crippen LogP contribution >= 0.6 is 11.6 Å². The third kappa shape index (κ3) is 3.48. The van der Waals surface area contributed by atoms with Crippen LogP contribution in [0.3, 0.4) is 0 Å². The highest BCUT2D eigenvalue weighted by atomic mass is 35.5. The highest BCUT2D eigenvalue weighted by Crippen LogP contribution is 2.31. The van der Waals surface area contributed by atoms with Gasteiger partial charge in [0.2, 0.25) is 0 Å². The van der Waals surface area contributed by atoms with Gasteiger partial charge in [0.1, 0.15) is 0 Å². The van der Waals surface area contributed by atoms with Gasteiger partial charge in [-0.3, -0.25) is 0 Å². The third-order valence-electron chi connectivity index (χ3n) is 5.37. The predicted octanol–water partition coefficient (Wildman–Crippen LogP) is 7.09. The number of rotatable bonds is 3. The molecule has 0 spiro atoms. The van der Waals surface area contributed by atoms with Crippen molar-refractivity contribution in [2.45, 2.75) is 27.7 Å². The Morgan fingerprint density at radius 2 is 1.32 bits per heavy atom. The van der Waals surface area contributed by atoms with Gasteiger partial charge in [-0.15, -0.1) is 0 Å². The maximum Gasteiger partial charge on any atom is 0.0934 e.